The van der Waals surface area contributed by atoms with Gasteiger partial charge >= 0.3 is 0 Å². The van der Waals surface area contributed by atoms with Crippen molar-refractivity contribution in [3.05, 3.63) is 65.7 Å². The Morgan fingerprint density at radius 1 is 0.943 bits per heavy atom. The van der Waals surface area contributed by atoms with Crippen molar-refractivity contribution in [3.63, 3.8) is 0 Å². The molecule has 182 valence electrons. The van der Waals surface area contributed by atoms with Gasteiger partial charge in [0.05, 0.1) is 10.6 Å². The van der Waals surface area contributed by atoms with Gasteiger partial charge in [-0.1, -0.05) is 23.7 Å². The van der Waals surface area contributed by atoms with E-state index in [-0.39, 0.29) is 16.7 Å². The fourth-order valence-corrected chi connectivity index (χ4v) is 4.97. The summed E-state index contributed by atoms with van der Waals surface area (Å²) in [5.41, 5.74) is 2.18. The smallest absolute Gasteiger partial charge is 0.264 e. The number of piperidine rings is 1. The van der Waals surface area contributed by atoms with E-state index in [4.69, 9.17) is 11.6 Å². The Morgan fingerprint density at radius 2 is 1.60 bits per heavy atom. The third kappa shape index (κ3) is 6.14. The lowest BCUT2D eigenvalue weighted by atomic mass is 9.96. The molecule has 0 saturated carbocycles. The van der Waals surface area contributed by atoms with E-state index in [1.54, 1.807) is 0 Å². The van der Waals surface area contributed by atoms with Crippen molar-refractivity contribution < 1.29 is 18.0 Å². The van der Waals surface area contributed by atoms with Crippen molar-refractivity contribution in [3.8, 4) is 11.3 Å². The second-order valence-electron chi connectivity index (χ2n) is 8.22. The first kappa shape index (κ1) is 24.6. The Morgan fingerprint density at radius 3 is 2.17 bits per heavy atom. The average molecular weight is 514 g/mol. The van der Waals surface area contributed by atoms with Gasteiger partial charge in [0.1, 0.15) is 0 Å². The van der Waals surface area contributed by atoms with Crippen molar-refractivity contribution in [2.24, 2.45) is 5.92 Å². The molecule has 0 aliphatic carbocycles. The van der Waals surface area contributed by atoms with Gasteiger partial charge in [0.15, 0.2) is 5.82 Å². The van der Waals surface area contributed by atoms with Gasteiger partial charge in [-0.3, -0.25) is 9.59 Å². The highest BCUT2D eigenvalue weighted by atomic mass is 35.5. The molecule has 0 atom stereocenters. The predicted octanol–water partition coefficient (Wildman–Crippen LogP) is 3.48. The maximum absolute atomic E-state index is 12.7. The molecule has 1 aromatic heterocycles. The zero-order chi connectivity index (χ0) is 25.0. The number of halogens is 1. The van der Waals surface area contributed by atoms with Crippen LogP contribution in [0.25, 0.3) is 11.3 Å². The summed E-state index contributed by atoms with van der Waals surface area (Å²) in [6.45, 7) is 2.46. The summed E-state index contributed by atoms with van der Waals surface area (Å²) in [5.74, 6) is -0.198. The number of nitrogens with zero attached hydrogens (tertiary/aromatic N) is 3. The number of aromatic nitrogens is 2. The molecular formula is C24H24ClN5O4S. The first-order valence-corrected chi connectivity index (χ1v) is 12.9. The van der Waals surface area contributed by atoms with Crippen molar-refractivity contribution in [1.29, 1.82) is 0 Å². The average Bonchev–Trinajstić information content (AvgIpc) is 2.84. The van der Waals surface area contributed by atoms with Gasteiger partial charge in [0.2, 0.25) is 11.8 Å². The lowest BCUT2D eigenvalue weighted by Gasteiger charge is -2.31. The zero-order valence-electron chi connectivity index (χ0n) is 18.9. The molecule has 3 aromatic rings. The van der Waals surface area contributed by atoms with Gasteiger partial charge in [0.25, 0.3) is 10.0 Å². The van der Waals surface area contributed by atoms with Gasteiger partial charge in [-0.25, -0.2) is 13.1 Å². The molecular weight excluding hydrogens is 490 g/mol. The molecule has 4 rings (SSSR count). The molecule has 11 heteroatoms. The normalized spacial score (nSPS) is 14.4. The minimum absolute atomic E-state index is 0.0535. The standard InChI is InChI=1S/C24H24ClN5O4S/c1-16(31)29-35(33,34)21-8-6-20(7-9-21)26-24(32)18-12-14-30(15-13-18)23-11-10-22(27-28-23)17-2-4-19(25)5-3-17/h2-11,18H,12-15H2,1H3,(H,26,32)(H,29,31). The molecule has 2 aromatic carbocycles. The summed E-state index contributed by atoms with van der Waals surface area (Å²) in [4.78, 5) is 25.8. The molecule has 0 radical (unpaired) electrons. The summed E-state index contributed by atoms with van der Waals surface area (Å²) in [7, 11) is -3.91. The van der Waals surface area contributed by atoms with Crippen LogP contribution in [0, 0.1) is 5.92 Å². The van der Waals surface area contributed by atoms with E-state index in [1.807, 2.05) is 41.1 Å². The molecule has 0 bridgehead atoms. The number of carbonyl (C=O) groups is 2. The number of hydrogen-bond acceptors (Lipinski definition) is 7. The Labute approximate surface area is 208 Å². The number of amides is 2. The quantitative estimate of drug-likeness (QED) is 0.517. The van der Waals surface area contributed by atoms with Crippen LogP contribution in [0.15, 0.2) is 65.6 Å². The molecule has 1 fully saturated rings. The lowest BCUT2D eigenvalue weighted by Crippen LogP contribution is -2.38. The van der Waals surface area contributed by atoms with Crippen LogP contribution in [0.3, 0.4) is 0 Å². The number of benzene rings is 2. The van der Waals surface area contributed by atoms with Crippen LogP contribution in [-0.4, -0.2) is 43.5 Å². The number of sulfonamides is 1. The van der Waals surface area contributed by atoms with Crippen LogP contribution in [0.1, 0.15) is 19.8 Å². The van der Waals surface area contributed by atoms with E-state index < -0.39 is 15.9 Å². The summed E-state index contributed by atoms with van der Waals surface area (Å²) >= 11 is 5.94. The van der Waals surface area contributed by atoms with Crippen LogP contribution in [0.4, 0.5) is 11.5 Å². The number of anilines is 2. The van der Waals surface area contributed by atoms with Crippen LogP contribution >= 0.6 is 11.6 Å². The van der Waals surface area contributed by atoms with Crippen LogP contribution < -0.4 is 14.9 Å². The van der Waals surface area contributed by atoms with E-state index in [1.165, 1.54) is 24.3 Å². The molecule has 35 heavy (non-hydrogen) atoms. The predicted molar refractivity (Wildman–Crippen MR) is 133 cm³/mol. The Bertz CT molecular complexity index is 1310. The molecule has 2 amide bonds. The summed E-state index contributed by atoms with van der Waals surface area (Å²) in [5, 5.41) is 12.2. The zero-order valence-corrected chi connectivity index (χ0v) is 20.5. The highest BCUT2D eigenvalue weighted by Crippen LogP contribution is 2.25. The first-order valence-electron chi connectivity index (χ1n) is 11.0. The maximum atomic E-state index is 12.7. The molecule has 1 aliphatic heterocycles. The maximum Gasteiger partial charge on any atom is 0.264 e. The fraction of sp³-hybridized carbons (Fsp3) is 0.250. The highest BCUT2D eigenvalue weighted by Gasteiger charge is 2.26. The summed E-state index contributed by atoms with van der Waals surface area (Å²) in [6.07, 6.45) is 1.31. The van der Waals surface area contributed by atoms with Crippen LogP contribution in [-0.2, 0) is 19.6 Å². The third-order valence-electron chi connectivity index (χ3n) is 5.69. The summed E-state index contributed by atoms with van der Waals surface area (Å²) in [6, 6.07) is 16.9. The summed E-state index contributed by atoms with van der Waals surface area (Å²) < 4.78 is 26.0. The highest BCUT2D eigenvalue weighted by molar-refractivity contribution is 7.90. The molecule has 9 nitrogen and oxygen atoms in total. The topological polar surface area (TPSA) is 121 Å². The second-order valence-corrected chi connectivity index (χ2v) is 10.3. The number of rotatable bonds is 6. The Kier molecular flexibility index (Phi) is 7.32. The van der Waals surface area contributed by atoms with Gasteiger partial charge in [-0.05, 0) is 61.4 Å². The molecule has 1 saturated heterocycles. The second kappa shape index (κ2) is 10.4. The monoisotopic (exact) mass is 513 g/mol. The minimum Gasteiger partial charge on any atom is -0.355 e. The Balaban J connectivity index is 1.31. The van der Waals surface area contributed by atoms with Crippen molar-refractivity contribution in [1.82, 2.24) is 14.9 Å². The SMILES string of the molecule is CC(=O)NS(=O)(=O)c1ccc(NC(=O)C2CCN(c3ccc(-c4ccc(Cl)cc4)nn3)CC2)cc1. The first-order chi connectivity index (χ1) is 16.7. The van der Waals surface area contributed by atoms with Gasteiger partial charge in [-0.2, -0.15) is 0 Å². The van der Waals surface area contributed by atoms with E-state index >= 15 is 0 Å². The number of hydrogen-bond donors (Lipinski definition) is 2. The third-order valence-corrected chi connectivity index (χ3v) is 7.39. The van der Waals surface area contributed by atoms with E-state index in [2.05, 4.69) is 20.4 Å². The Hall–Kier alpha value is -3.50. The van der Waals surface area contributed by atoms with E-state index in [0.29, 0.717) is 36.6 Å². The van der Waals surface area contributed by atoms with E-state index in [0.717, 1.165) is 24.0 Å². The molecule has 2 N–H and O–H groups in total. The van der Waals surface area contributed by atoms with Crippen LogP contribution in [0.2, 0.25) is 5.02 Å². The van der Waals surface area contributed by atoms with Crippen molar-refractivity contribution in [2.75, 3.05) is 23.3 Å². The molecule has 0 unspecified atom stereocenters. The minimum atomic E-state index is -3.91. The van der Waals surface area contributed by atoms with Crippen molar-refractivity contribution >= 4 is 44.9 Å². The van der Waals surface area contributed by atoms with Gasteiger partial charge in [-0.15, -0.1) is 10.2 Å². The number of nitrogens with one attached hydrogen (secondary N) is 2. The van der Waals surface area contributed by atoms with E-state index in [9.17, 15) is 18.0 Å². The molecule has 1 aliphatic rings. The fourth-order valence-electron chi connectivity index (χ4n) is 3.85. The molecule has 2 heterocycles. The van der Waals surface area contributed by atoms with Gasteiger partial charge in [0, 0.05) is 42.2 Å². The van der Waals surface area contributed by atoms with Crippen molar-refractivity contribution in [2.45, 2.75) is 24.7 Å². The molecule has 0 spiro atoms. The van der Waals surface area contributed by atoms with Crippen LogP contribution in [0.5, 0.6) is 0 Å². The number of carbonyl (C=O) groups excluding carboxylic acids is 2. The largest absolute Gasteiger partial charge is 0.355 e. The van der Waals surface area contributed by atoms with Gasteiger partial charge < -0.3 is 10.2 Å². The lowest BCUT2D eigenvalue weighted by molar-refractivity contribution is -0.120.